The number of Topliss-reactive ketones (excluding diaryl/α,β-unsaturated/α-hetero) is 1. The molecule has 346 valence electrons. The van der Waals surface area contributed by atoms with Crippen LogP contribution in [0.4, 0.5) is 4.79 Å². The topological polar surface area (TPSA) is 257 Å². The van der Waals surface area contributed by atoms with Crippen molar-refractivity contribution in [2.45, 2.75) is 97.1 Å². The minimum Gasteiger partial charge on any atom is -0.481 e. The lowest BCUT2D eigenvalue weighted by Gasteiger charge is -2.62. The Morgan fingerprint density at radius 1 is 0.859 bits per heavy atom. The molecular weight excluding hydrogens is 827 g/mol. The van der Waals surface area contributed by atoms with E-state index >= 15 is 0 Å². The van der Waals surface area contributed by atoms with Gasteiger partial charge in [-0.1, -0.05) is 86.2 Å². The first-order valence-electron chi connectivity index (χ1n) is 20.5. The number of carbonyl (C=O) groups excluding carboxylic acids is 3. The number of ether oxygens (including phenoxy) is 3. The summed E-state index contributed by atoms with van der Waals surface area (Å²) in [5.74, 6) is -2.86. The van der Waals surface area contributed by atoms with E-state index in [1.807, 2.05) is 57.2 Å². The second kappa shape index (κ2) is 24.5. The number of carboxylic acid groups (broad SMARTS) is 3. The van der Waals surface area contributed by atoms with Crippen LogP contribution >= 0.6 is 0 Å². The van der Waals surface area contributed by atoms with E-state index in [2.05, 4.69) is 17.6 Å². The summed E-state index contributed by atoms with van der Waals surface area (Å²) in [6.07, 6.45) is 7.65. The number of aryl methyl sites for hydroxylation is 1. The quantitative estimate of drug-likeness (QED) is 0.0867. The molecule has 15 heteroatoms. The van der Waals surface area contributed by atoms with Crippen LogP contribution in [0, 0.1) is 35.5 Å². The highest BCUT2D eigenvalue weighted by Gasteiger charge is 2.66. The second-order valence-electron chi connectivity index (χ2n) is 16.3. The first-order chi connectivity index (χ1) is 30.1. The molecule has 1 unspecified atom stereocenters. The number of carbonyl (C=O) groups is 6. The van der Waals surface area contributed by atoms with Gasteiger partial charge in [-0.3, -0.25) is 19.2 Å². The Morgan fingerprint density at radius 3 is 1.75 bits per heavy atom. The number of fused-ring (bicyclic) bond motifs is 5. The average molecular weight is 888 g/mol. The Kier molecular flexibility index (Phi) is 20.6. The lowest BCUT2D eigenvalue weighted by molar-refractivity contribution is -0.242. The molecular formula is C49H61NO14. The van der Waals surface area contributed by atoms with Crippen LogP contribution in [-0.2, 0) is 35.0 Å². The molecule has 1 saturated heterocycles. The van der Waals surface area contributed by atoms with Gasteiger partial charge in [-0.05, 0) is 80.9 Å². The van der Waals surface area contributed by atoms with Gasteiger partial charge in [0, 0.05) is 36.7 Å². The molecule has 7 atom stereocenters. The molecule has 3 aromatic carbocycles. The number of nitrogens with two attached hydrogens (primary N) is 1. The van der Waals surface area contributed by atoms with Crippen molar-refractivity contribution in [2.75, 3.05) is 13.7 Å². The van der Waals surface area contributed by atoms with Crippen molar-refractivity contribution in [2.24, 2.45) is 28.4 Å². The van der Waals surface area contributed by atoms with E-state index in [1.165, 1.54) is 6.92 Å². The number of rotatable bonds is 6. The molecule has 3 aromatic rings. The van der Waals surface area contributed by atoms with Crippen LogP contribution < -0.4 is 5.73 Å². The normalized spacial score (nSPS) is 25.3. The molecule has 0 radical (unpaired) electrons. The molecule has 0 aromatic heterocycles. The molecule has 3 fully saturated rings. The van der Waals surface area contributed by atoms with Gasteiger partial charge in [0.2, 0.25) is 5.91 Å². The molecule has 7 N–H and O–H groups in total. The highest BCUT2D eigenvalue weighted by atomic mass is 16.6. The number of amides is 1. The summed E-state index contributed by atoms with van der Waals surface area (Å²) >= 11 is 0. The summed E-state index contributed by atoms with van der Waals surface area (Å²) in [6, 6.07) is 26.7. The van der Waals surface area contributed by atoms with Gasteiger partial charge in [-0.25, -0.2) is 9.59 Å². The van der Waals surface area contributed by atoms with Crippen LogP contribution in [-0.4, -0.2) is 98.9 Å². The number of allylic oxidation sites excluding steroid dienone is 1. The summed E-state index contributed by atoms with van der Waals surface area (Å²) < 4.78 is 14.9. The third kappa shape index (κ3) is 13.8. The average Bonchev–Trinajstić information content (AvgIpc) is 3.26. The van der Waals surface area contributed by atoms with Gasteiger partial charge in [0.05, 0.1) is 42.5 Å². The van der Waals surface area contributed by atoms with Crippen molar-refractivity contribution in [3.05, 3.63) is 119 Å². The molecule has 2 saturated carbocycles. The van der Waals surface area contributed by atoms with Gasteiger partial charge >= 0.3 is 24.1 Å². The lowest BCUT2D eigenvalue weighted by Crippen LogP contribution is -2.68. The van der Waals surface area contributed by atoms with Crippen molar-refractivity contribution < 1.29 is 68.5 Å². The fourth-order valence-electron chi connectivity index (χ4n) is 8.50. The van der Waals surface area contributed by atoms with Crippen LogP contribution in [0.25, 0.3) is 0 Å². The third-order valence-electron chi connectivity index (χ3n) is 12.2. The highest BCUT2D eigenvalue weighted by molar-refractivity contribution is 5.94. The SMILES string of the molecule is C#C.CC(=O)O[C@H]1C(=O)[C@@]2(C)C(C[C@]3(O)CCC(C)=C1C3(C)C)[C@@H]1CO[C@@H]1C[C@@H]2O.COC(=O)O.NC(=O)c1ccccc1.O=C(O)CCc1ccccc1.O=C(O)c1ccccc1. The Balaban J connectivity index is 0.000000321. The summed E-state index contributed by atoms with van der Waals surface area (Å²) in [4.78, 5) is 65.8. The van der Waals surface area contributed by atoms with Crippen LogP contribution in [0.5, 0.6) is 0 Å². The van der Waals surface area contributed by atoms with E-state index in [9.17, 15) is 34.2 Å². The summed E-state index contributed by atoms with van der Waals surface area (Å²) in [6.45, 7) is 9.49. The summed E-state index contributed by atoms with van der Waals surface area (Å²) in [7, 11) is 1.10. The Labute approximate surface area is 374 Å². The standard InChI is InChI=1S/C22H32O6.C9H10O2.C7H7NO.C7H6O2.C2H4O3.C2H2/c1-11-6-7-22(26)9-14-13-10-27-15(13)8-16(24)21(14,5)19(25)18(28-12(2)23)17(11)20(22,3)4;10-9(11)7-6-8-4-2-1-3-5-8;2*8-7(9)6-4-2-1-3-5-6;1-5-2(3)4;1-2/h13-16,18,24,26H,6-10H2,1-5H3;1-5H,6-7H2,(H,10,11);1-5H,(H2,8,9);1-5H,(H,8,9);1H3,(H,3,4);1-2H/t13-,14?,15+,16-,18+,21-,22+;;;;;/m0...../s1. The number of esters is 1. The number of aliphatic hydroxyl groups excluding tert-OH is 1. The van der Waals surface area contributed by atoms with Crippen molar-refractivity contribution in [1.29, 1.82) is 0 Å². The van der Waals surface area contributed by atoms with Crippen LogP contribution in [0.3, 0.4) is 0 Å². The fourth-order valence-corrected chi connectivity index (χ4v) is 8.50. The minimum absolute atomic E-state index is 0.0699. The maximum Gasteiger partial charge on any atom is 0.505 e. The molecule has 1 heterocycles. The number of aliphatic carboxylic acids is 1. The number of ketones is 1. The Morgan fingerprint density at radius 2 is 1.36 bits per heavy atom. The second-order valence-corrected chi connectivity index (χ2v) is 16.3. The number of primary amides is 1. The number of hydrogen-bond acceptors (Lipinski definition) is 11. The van der Waals surface area contributed by atoms with E-state index in [1.54, 1.807) is 61.5 Å². The third-order valence-corrected chi connectivity index (χ3v) is 12.2. The Bertz CT molecular complexity index is 2040. The van der Waals surface area contributed by atoms with E-state index in [4.69, 9.17) is 35.3 Å². The number of terminal acetylenes is 1. The van der Waals surface area contributed by atoms with Gasteiger partial charge < -0.3 is 45.5 Å². The van der Waals surface area contributed by atoms with Gasteiger partial charge in [0.25, 0.3) is 0 Å². The van der Waals surface area contributed by atoms with Gasteiger partial charge in [-0.15, -0.1) is 12.8 Å². The number of aliphatic hydroxyl groups is 2. The highest BCUT2D eigenvalue weighted by Crippen LogP contribution is 2.61. The fraction of sp³-hybridized carbons (Fsp3) is 0.429. The predicted molar refractivity (Wildman–Crippen MR) is 237 cm³/mol. The van der Waals surface area contributed by atoms with Gasteiger partial charge in [0.15, 0.2) is 11.9 Å². The smallest absolute Gasteiger partial charge is 0.481 e. The van der Waals surface area contributed by atoms with Crippen LogP contribution in [0.1, 0.15) is 93.0 Å². The molecule has 3 aliphatic carbocycles. The van der Waals surface area contributed by atoms with Crippen molar-refractivity contribution in [3.8, 4) is 12.8 Å². The first kappa shape index (κ1) is 53.8. The van der Waals surface area contributed by atoms with E-state index in [-0.39, 0.29) is 36.1 Å². The number of aromatic carboxylic acids is 1. The zero-order valence-corrected chi connectivity index (χ0v) is 37.1. The first-order valence-corrected chi connectivity index (χ1v) is 20.5. The Hall–Kier alpha value is -6.34. The van der Waals surface area contributed by atoms with Crippen molar-refractivity contribution in [3.63, 3.8) is 0 Å². The largest absolute Gasteiger partial charge is 0.505 e. The maximum absolute atomic E-state index is 13.9. The summed E-state index contributed by atoms with van der Waals surface area (Å²) in [5, 5.41) is 47.1. The van der Waals surface area contributed by atoms with Crippen molar-refractivity contribution >= 4 is 35.8 Å². The number of methoxy groups -OCH3 is 1. The van der Waals surface area contributed by atoms with E-state index in [0.29, 0.717) is 55.4 Å². The molecule has 4 aliphatic rings. The number of carboxylic acids is 2. The molecule has 15 nitrogen and oxygen atoms in total. The predicted octanol–water partition coefficient (Wildman–Crippen LogP) is 6.59. The van der Waals surface area contributed by atoms with Crippen molar-refractivity contribution in [1.82, 2.24) is 0 Å². The number of benzene rings is 3. The lowest BCUT2D eigenvalue weighted by atomic mass is 9.47. The molecule has 64 heavy (non-hydrogen) atoms. The van der Waals surface area contributed by atoms with Crippen LogP contribution in [0.2, 0.25) is 0 Å². The zero-order chi connectivity index (χ0) is 48.4. The zero-order valence-electron chi connectivity index (χ0n) is 37.1. The van der Waals surface area contributed by atoms with Gasteiger partial charge in [0.1, 0.15) is 0 Å². The number of hydrogen-bond donors (Lipinski definition) is 6. The van der Waals surface area contributed by atoms with Gasteiger partial charge in [-0.2, -0.15) is 0 Å². The maximum atomic E-state index is 13.9. The molecule has 7 rings (SSSR count). The molecule has 0 spiro atoms. The van der Waals surface area contributed by atoms with E-state index in [0.717, 1.165) is 18.2 Å². The molecule has 1 aliphatic heterocycles. The summed E-state index contributed by atoms with van der Waals surface area (Å²) in [5.41, 5.74) is 5.80. The minimum atomic E-state index is -1.25. The molecule has 1 amide bonds. The van der Waals surface area contributed by atoms with E-state index < -0.39 is 52.7 Å². The molecule has 2 bridgehead atoms. The van der Waals surface area contributed by atoms with Crippen LogP contribution in [0.15, 0.2) is 102 Å². The monoisotopic (exact) mass is 887 g/mol.